The van der Waals surface area contributed by atoms with E-state index in [9.17, 15) is 49.2 Å². The fourth-order valence-electron chi connectivity index (χ4n) is 4.86. The maximum Gasteiger partial charge on any atom is 0.343 e. The van der Waals surface area contributed by atoms with Crippen molar-refractivity contribution in [3.8, 4) is 0 Å². The number of nitrogens with one attached hydrogen (secondary N) is 1. The second-order valence-corrected chi connectivity index (χ2v) is 10.7. The van der Waals surface area contributed by atoms with E-state index in [4.69, 9.17) is 0 Å². The first-order valence-corrected chi connectivity index (χ1v) is 13.4. The molecule has 0 aliphatic rings. The van der Waals surface area contributed by atoms with Crippen molar-refractivity contribution in [1.82, 2.24) is 15.1 Å². The van der Waals surface area contributed by atoms with Crippen LogP contribution in [0.4, 0.5) is 0 Å². The second kappa shape index (κ2) is 14.2. The minimum Gasteiger partial charge on any atom is -0.479 e. The molecule has 0 saturated carbocycles. The van der Waals surface area contributed by atoms with Gasteiger partial charge in [-0.15, -0.1) is 0 Å². The predicted octanol–water partition coefficient (Wildman–Crippen LogP) is -0.470. The normalized spacial score (nSPS) is 19.0. The number of likely N-dealkylation sites (N-methyl/N-ethyl adjacent to an activating group) is 3. The van der Waals surface area contributed by atoms with E-state index in [2.05, 4.69) is 5.32 Å². The van der Waals surface area contributed by atoms with Gasteiger partial charge in [-0.3, -0.25) is 24.0 Å². The van der Waals surface area contributed by atoms with Crippen molar-refractivity contribution in [3.63, 3.8) is 0 Å². The summed E-state index contributed by atoms with van der Waals surface area (Å²) < 4.78 is 0. The third-order valence-electron chi connectivity index (χ3n) is 7.89. The number of nitrogens with zero attached hydrogens (tertiary/aromatic N) is 2. The van der Waals surface area contributed by atoms with E-state index in [1.165, 1.54) is 20.9 Å². The fraction of sp³-hybridized carbons (Fsp3) is 0.778. The number of carbonyl (C=O) groups is 6. The minimum atomic E-state index is -3.23. The molecule has 13 nitrogen and oxygen atoms in total. The van der Waals surface area contributed by atoms with Crippen LogP contribution in [0.3, 0.4) is 0 Å². The highest BCUT2D eigenvalue weighted by Gasteiger charge is 2.67. The molecule has 40 heavy (non-hydrogen) atoms. The molecular formula is C27H47N3O10. The Labute approximate surface area is 235 Å². The van der Waals surface area contributed by atoms with Crippen LogP contribution in [0.5, 0.6) is 0 Å². The molecule has 5 N–H and O–H groups in total. The molecule has 0 rings (SSSR count). The average molecular weight is 574 g/mol. The van der Waals surface area contributed by atoms with Crippen LogP contribution in [-0.2, 0) is 28.8 Å². The maximum absolute atomic E-state index is 14.9. The van der Waals surface area contributed by atoms with Crippen molar-refractivity contribution in [2.75, 3.05) is 21.1 Å². The number of aliphatic hydroxyl groups is 3. The number of rotatable bonds is 17. The van der Waals surface area contributed by atoms with Crippen molar-refractivity contribution in [1.29, 1.82) is 0 Å². The molecule has 0 heterocycles. The number of aliphatic hydroxyl groups excluding tert-OH is 2. The van der Waals surface area contributed by atoms with E-state index in [0.717, 1.165) is 34.9 Å². The molecule has 0 aromatic carbocycles. The zero-order valence-electron chi connectivity index (χ0n) is 25.3. The van der Waals surface area contributed by atoms with Gasteiger partial charge in [0.2, 0.25) is 11.4 Å². The Morgan fingerprint density at radius 3 is 1.65 bits per heavy atom. The van der Waals surface area contributed by atoms with Gasteiger partial charge in [-0.25, -0.2) is 4.79 Å². The zero-order chi connectivity index (χ0) is 32.0. The third-order valence-corrected chi connectivity index (χ3v) is 7.89. The number of Topliss-reactive ketones (excluding diaryl/α,β-unsaturated/α-hetero) is 3. The van der Waals surface area contributed by atoms with Gasteiger partial charge in [0, 0.05) is 14.1 Å². The summed E-state index contributed by atoms with van der Waals surface area (Å²) in [6.07, 6.45) is -2.03. The summed E-state index contributed by atoms with van der Waals surface area (Å²) >= 11 is 0. The number of amides is 2. The molecule has 0 unspecified atom stereocenters. The smallest absolute Gasteiger partial charge is 0.343 e. The van der Waals surface area contributed by atoms with E-state index in [1.807, 2.05) is 6.92 Å². The Bertz CT molecular complexity index is 980. The number of carbonyl (C=O) groups excluding carboxylic acids is 5. The molecule has 13 heteroatoms. The van der Waals surface area contributed by atoms with Gasteiger partial charge < -0.3 is 35.5 Å². The first-order chi connectivity index (χ1) is 18.2. The maximum atomic E-state index is 14.9. The number of aliphatic carboxylic acids is 1. The number of carboxylic acids is 1. The van der Waals surface area contributed by atoms with Crippen molar-refractivity contribution in [2.24, 2.45) is 5.92 Å². The highest BCUT2D eigenvalue weighted by atomic mass is 16.4. The highest BCUT2D eigenvalue weighted by molar-refractivity contribution is 6.30. The van der Waals surface area contributed by atoms with Crippen LogP contribution in [0, 0.1) is 5.92 Å². The van der Waals surface area contributed by atoms with E-state index < -0.39 is 76.0 Å². The molecule has 2 amide bonds. The quantitative estimate of drug-likeness (QED) is 0.141. The van der Waals surface area contributed by atoms with Gasteiger partial charge >= 0.3 is 5.97 Å². The van der Waals surface area contributed by atoms with Gasteiger partial charge in [0.15, 0.2) is 22.6 Å². The van der Waals surface area contributed by atoms with Gasteiger partial charge in [-0.05, 0) is 47.1 Å². The lowest BCUT2D eigenvalue weighted by Gasteiger charge is -2.51. The average Bonchev–Trinajstić information content (AvgIpc) is 2.90. The molecule has 0 aliphatic carbocycles. The molecule has 0 fully saturated rings. The number of hydrogen-bond donors (Lipinski definition) is 5. The topological polar surface area (TPSA) is 202 Å². The van der Waals surface area contributed by atoms with Gasteiger partial charge in [0.1, 0.15) is 12.2 Å². The predicted molar refractivity (Wildman–Crippen MR) is 145 cm³/mol. The summed E-state index contributed by atoms with van der Waals surface area (Å²) in [4.78, 5) is 82.8. The summed E-state index contributed by atoms with van der Waals surface area (Å²) in [5.74, 6) is -9.35. The first kappa shape index (κ1) is 37.3. The van der Waals surface area contributed by atoms with Crippen LogP contribution in [0.25, 0.3) is 0 Å². The van der Waals surface area contributed by atoms with Gasteiger partial charge in [0.25, 0.3) is 11.8 Å². The molecule has 230 valence electrons. The number of ketones is 3. The van der Waals surface area contributed by atoms with E-state index in [1.54, 1.807) is 0 Å². The Kier molecular flexibility index (Phi) is 13.3. The number of hydrogen-bond acceptors (Lipinski definition) is 10. The number of carboxylic acid groups (broad SMARTS) is 1. The van der Waals surface area contributed by atoms with Crippen molar-refractivity contribution in [3.05, 3.63) is 0 Å². The fourth-order valence-corrected chi connectivity index (χ4v) is 4.86. The zero-order valence-corrected chi connectivity index (χ0v) is 25.3. The summed E-state index contributed by atoms with van der Waals surface area (Å²) in [5.41, 5.74) is -8.64. The van der Waals surface area contributed by atoms with Gasteiger partial charge in [0.05, 0.1) is 6.04 Å². The van der Waals surface area contributed by atoms with Crippen LogP contribution in [0.15, 0.2) is 0 Å². The Morgan fingerprint density at radius 2 is 1.30 bits per heavy atom. The molecule has 0 aromatic rings. The van der Waals surface area contributed by atoms with Gasteiger partial charge in [-0.1, -0.05) is 40.0 Å². The standard InChI is InChI=1S/C27H47N3O10/c1-11-13-14-18(28-8)19(33)25(6,29(9)20(34)16(4)31)22(36)27(15(3)12-2,30(10)21(35)17(5)32)23(37)26(7,40)24(38)39/h15-18,28,31-32,40H,11-14H2,1-10H3,(H,38,39)/t15-,16-,17-,18+,25-,26+,27-/m1/s1. The lowest BCUT2D eigenvalue weighted by atomic mass is 9.64. The van der Waals surface area contributed by atoms with Crippen LogP contribution < -0.4 is 5.32 Å². The molecular weight excluding hydrogens is 526 g/mol. The van der Waals surface area contributed by atoms with Crippen molar-refractivity contribution in [2.45, 2.75) is 109 Å². The Balaban J connectivity index is 8.06. The molecule has 0 aromatic heterocycles. The molecule has 0 radical (unpaired) electrons. The largest absolute Gasteiger partial charge is 0.479 e. The SMILES string of the molecule is CCCC[C@H](NC)C(=O)[C@](C)(C(=O)[C@@](C(=O)[C@](C)(O)C(=O)O)([C@H](C)CC)N(C)C(=O)[C@@H](C)O)N(C)C(=O)[C@@H](C)O. The van der Waals surface area contributed by atoms with Crippen LogP contribution in [0.1, 0.15) is 74.1 Å². The monoisotopic (exact) mass is 573 g/mol. The van der Waals surface area contributed by atoms with E-state index in [-0.39, 0.29) is 12.8 Å². The van der Waals surface area contributed by atoms with Gasteiger partial charge in [-0.2, -0.15) is 0 Å². The Morgan fingerprint density at radius 1 is 0.850 bits per heavy atom. The highest BCUT2D eigenvalue weighted by Crippen LogP contribution is 2.39. The molecule has 0 bridgehead atoms. The van der Waals surface area contributed by atoms with Crippen molar-refractivity contribution >= 4 is 35.1 Å². The summed E-state index contributed by atoms with van der Waals surface area (Å²) in [6.45, 7) is 8.66. The van der Waals surface area contributed by atoms with Crippen molar-refractivity contribution < 1.29 is 49.2 Å². The van der Waals surface area contributed by atoms with Crippen LogP contribution >= 0.6 is 0 Å². The molecule has 0 aliphatic heterocycles. The molecule has 7 atom stereocenters. The number of unbranched alkanes of at least 4 members (excludes halogenated alkanes) is 1. The van der Waals surface area contributed by atoms with E-state index >= 15 is 0 Å². The van der Waals surface area contributed by atoms with Crippen LogP contribution in [-0.4, -0.2) is 121 Å². The summed E-state index contributed by atoms with van der Waals surface area (Å²) in [6, 6.07) is -1.03. The summed E-state index contributed by atoms with van der Waals surface area (Å²) in [5, 5.41) is 43.6. The minimum absolute atomic E-state index is 0.0335. The molecule has 0 saturated heterocycles. The lowest BCUT2D eigenvalue weighted by Crippen LogP contribution is -2.78. The molecule has 0 spiro atoms. The first-order valence-electron chi connectivity index (χ1n) is 13.4. The summed E-state index contributed by atoms with van der Waals surface area (Å²) in [7, 11) is 3.53. The van der Waals surface area contributed by atoms with Crippen LogP contribution in [0.2, 0.25) is 0 Å². The Hall–Kier alpha value is -2.74. The second-order valence-electron chi connectivity index (χ2n) is 10.7. The third kappa shape index (κ3) is 6.59. The lowest BCUT2D eigenvalue weighted by molar-refractivity contribution is -0.180. The van der Waals surface area contributed by atoms with E-state index in [0.29, 0.717) is 29.6 Å².